The Morgan fingerprint density at radius 2 is 2.08 bits per heavy atom. The van der Waals surface area contributed by atoms with Crippen molar-refractivity contribution in [3.63, 3.8) is 0 Å². The first-order chi connectivity index (χ1) is 12.6. The van der Waals surface area contributed by atoms with E-state index in [4.69, 9.17) is 4.74 Å². The second kappa shape index (κ2) is 6.84. The number of ether oxygens (including phenoxy) is 1. The molecule has 1 aliphatic rings. The number of halogens is 1. The van der Waals surface area contributed by atoms with Crippen molar-refractivity contribution in [2.75, 3.05) is 6.61 Å². The molecule has 0 bridgehead atoms. The summed E-state index contributed by atoms with van der Waals surface area (Å²) >= 11 is 1.55. The predicted molar refractivity (Wildman–Crippen MR) is 96.2 cm³/mol. The van der Waals surface area contributed by atoms with Crippen LogP contribution in [0.2, 0.25) is 0 Å². The first-order valence-corrected chi connectivity index (χ1v) is 9.04. The van der Waals surface area contributed by atoms with Crippen LogP contribution in [0.15, 0.2) is 41.8 Å². The van der Waals surface area contributed by atoms with Crippen molar-refractivity contribution in [1.82, 2.24) is 14.9 Å². The Bertz CT molecular complexity index is 973. The first kappa shape index (κ1) is 16.7. The van der Waals surface area contributed by atoms with Gasteiger partial charge in [-0.3, -0.25) is 4.79 Å². The topological polar surface area (TPSA) is 55.3 Å². The van der Waals surface area contributed by atoms with E-state index in [2.05, 4.69) is 9.97 Å². The van der Waals surface area contributed by atoms with Crippen LogP contribution in [-0.4, -0.2) is 27.4 Å². The molecule has 0 saturated heterocycles. The van der Waals surface area contributed by atoms with Crippen LogP contribution in [0.3, 0.4) is 0 Å². The number of fused-ring (bicyclic) bond motifs is 1. The number of pyridine rings is 1. The van der Waals surface area contributed by atoms with Crippen molar-refractivity contribution in [1.29, 1.82) is 0 Å². The lowest BCUT2D eigenvalue weighted by atomic mass is 10.1. The monoisotopic (exact) mass is 369 g/mol. The zero-order valence-electron chi connectivity index (χ0n) is 14.1. The lowest BCUT2D eigenvalue weighted by Gasteiger charge is -2.18. The van der Waals surface area contributed by atoms with E-state index in [1.54, 1.807) is 46.6 Å². The SMILES string of the molecule is Cc1nc(CN2Cc3nc(-c4ccccc4F)ccc3OCC2=O)cs1. The molecule has 3 heterocycles. The maximum Gasteiger partial charge on any atom is 0.261 e. The number of carbonyl (C=O) groups excluding carboxylic acids is 1. The molecule has 0 saturated carbocycles. The van der Waals surface area contributed by atoms with E-state index < -0.39 is 0 Å². The highest BCUT2D eigenvalue weighted by molar-refractivity contribution is 7.09. The molecule has 5 nitrogen and oxygen atoms in total. The van der Waals surface area contributed by atoms with Gasteiger partial charge in [-0.2, -0.15) is 0 Å². The summed E-state index contributed by atoms with van der Waals surface area (Å²) in [6, 6.07) is 9.95. The lowest BCUT2D eigenvalue weighted by Crippen LogP contribution is -2.32. The van der Waals surface area contributed by atoms with Crippen molar-refractivity contribution in [3.8, 4) is 17.0 Å². The number of thiazole rings is 1. The standard InChI is InChI=1S/C19H16FN3O2S/c1-12-21-13(11-26-12)8-23-9-17-18(25-10-19(23)24)7-6-16(22-17)14-4-2-3-5-15(14)20/h2-7,11H,8-10H2,1H3. The number of benzene rings is 1. The van der Waals surface area contributed by atoms with Gasteiger partial charge in [0.15, 0.2) is 6.61 Å². The fourth-order valence-electron chi connectivity index (χ4n) is 2.87. The zero-order chi connectivity index (χ0) is 18.1. The van der Waals surface area contributed by atoms with Gasteiger partial charge in [0.25, 0.3) is 5.91 Å². The number of nitrogens with zero attached hydrogens (tertiary/aromatic N) is 3. The number of carbonyl (C=O) groups is 1. The summed E-state index contributed by atoms with van der Waals surface area (Å²) in [5, 5.41) is 2.90. The fourth-order valence-corrected chi connectivity index (χ4v) is 3.48. The van der Waals surface area contributed by atoms with Crippen LogP contribution in [0.5, 0.6) is 5.75 Å². The third kappa shape index (κ3) is 3.30. The highest BCUT2D eigenvalue weighted by atomic mass is 32.1. The van der Waals surface area contributed by atoms with Gasteiger partial charge in [-0.05, 0) is 31.2 Å². The van der Waals surface area contributed by atoms with Crippen LogP contribution in [0.1, 0.15) is 16.4 Å². The smallest absolute Gasteiger partial charge is 0.261 e. The molecule has 3 aromatic rings. The highest BCUT2D eigenvalue weighted by Gasteiger charge is 2.24. The lowest BCUT2D eigenvalue weighted by molar-refractivity contribution is -0.133. The largest absolute Gasteiger partial charge is 0.482 e. The highest BCUT2D eigenvalue weighted by Crippen LogP contribution is 2.28. The van der Waals surface area contributed by atoms with Gasteiger partial charge in [0, 0.05) is 10.9 Å². The Balaban J connectivity index is 1.65. The Labute approximate surface area is 154 Å². The molecule has 1 aromatic carbocycles. The van der Waals surface area contributed by atoms with Crippen molar-refractivity contribution < 1.29 is 13.9 Å². The minimum atomic E-state index is -0.333. The van der Waals surface area contributed by atoms with Gasteiger partial charge in [0.2, 0.25) is 0 Å². The number of hydrogen-bond acceptors (Lipinski definition) is 5. The molecule has 26 heavy (non-hydrogen) atoms. The van der Waals surface area contributed by atoms with Crippen LogP contribution < -0.4 is 4.74 Å². The summed E-state index contributed by atoms with van der Waals surface area (Å²) in [6.07, 6.45) is 0. The van der Waals surface area contributed by atoms with Gasteiger partial charge >= 0.3 is 0 Å². The molecular formula is C19H16FN3O2S. The van der Waals surface area contributed by atoms with Gasteiger partial charge in [0.05, 0.1) is 29.5 Å². The maximum atomic E-state index is 14.1. The van der Waals surface area contributed by atoms with Gasteiger partial charge in [-0.15, -0.1) is 11.3 Å². The molecule has 0 atom stereocenters. The number of aromatic nitrogens is 2. The van der Waals surface area contributed by atoms with Crippen LogP contribution >= 0.6 is 11.3 Å². The molecule has 0 fully saturated rings. The molecule has 0 unspecified atom stereocenters. The van der Waals surface area contributed by atoms with Crippen LogP contribution in [0, 0.1) is 12.7 Å². The van der Waals surface area contributed by atoms with Crippen molar-refractivity contribution in [2.45, 2.75) is 20.0 Å². The normalized spacial score (nSPS) is 13.9. The molecule has 0 spiro atoms. The van der Waals surface area contributed by atoms with Gasteiger partial charge in [-0.25, -0.2) is 14.4 Å². The number of amides is 1. The average Bonchev–Trinajstić information content (AvgIpc) is 2.98. The quantitative estimate of drug-likeness (QED) is 0.708. The summed E-state index contributed by atoms with van der Waals surface area (Å²) < 4.78 is 19.7. The van der Waals surface area contributed by atoms with Crippen LogP contribution in [0.25, 0.3) is 11.3 Å². The predicted octanol–water partition coefficient (Wildman–Crippen LogP) is 3.57. The average molecular weight is 369 g/mol. The first-order valence-electron chi connectivity index (χ1n) is 8.16. The summed E-state index contributed by atoms with van der Waals surface area (Å²) in [6.45, 7) is 2.58. The van der Waals surface area contributed by atoms with Crippen LogP contribution in [-0.2, 0) is 17.9 Å². The van der Waals surface area contributed by atoms with Gasteiger partial charge in [0.1, 0.15) is 17.3 Å². The van der Waals surface area contributed by atoms with E-state index in [9.17, 15) is 9.18 Å². The third-order valence-corrected chi connectivity index (χ3v) is 4.97. The minimum Gasteiger partial charge on any atom is -0.482 e. The summed E-state index contributed by atoms with van der Waals surface area (Å²) in [4.78, 5) is 23.0. The summed E-state index contributed by atoms with van der Waals surface area (Å²) in [7, 11) is 0. The third-order valence-electron chi connectivity index (χ3n) is 4.15. The molecule has 132 valence electrons. The number of rotatable bonds is 3. The van der Waals surface area contributed by atoms with Crippen LogP contribution in [0.4, 0.5) is 4.39 Å². The molecule has 0 N–H and O–H groups in total. The van der Waals surface area contributed by atoms with E-state index in [1.165, 1.54) is 6.07 Å². The van der Waals surface area contributed by atoms with Crippen molar-refractivity contribution in [3.05, 3.63) is 64.0 Å². The second-order valence-electron chi connectivity index (χ2n) is 6.02. The van der Waals surface area contributed by atoms with E-state index >= 15 is 0 Å². The number of hydrogen-bond donors (Lipinski definition) is 0. The second-order valence-corrected chi connectivity index (χ2v) is 7.08. The molecule has 4 rings (SSSR count). The Kier molecular flexibility index (Phi) is 4.38. The van der Waals surface area contributed by atoms with Gasteiger partial charge < -0.3 is 9.64 Å². The summed E-state index contributed by atoms with van der Waals surface area (Å²) in [5.74, 6) is 0.0943. The zero-order valence-corrected chi connectivity index (χ0v) is 14.9. The molecule has 2 aromatic heterocycles. The Morgan fingerprint density at radius 1 is 1.23 bits per heavy atom. The number of aryl methyl sites for hydroxylation is 1. The molecule has 1 aliphatic heterocycles. The van der Waals surface area contributed by atoms with E-state index in [-0.39, 0.29) is 18.3 Å². The van der Waals surface area contributed by atoms with E-state index in [0.717, 1.165) is 10.7 Å². The van der Waals surface area contributed by atoms with Crippen molar-refractivity contribution in [2.24, 2.45) is 0 Å². The van der Waals surface area contributed by atoms with E-state index in [1.807, 2.05) is 12.3 Å². The van der Waals surface area contributed by atoms with Gasteiger partial charge in [-0.1, -0.05) is 12.1 Å². The summed E-state index contributed by atoms with van der Waals surface area (Å²) in [5.41, 5.74) is 2.40. The fraction of sp³-hybridized carbons (Fsp3) is 0.211. The molecular weight excluding hydrogens is 353 g/mol. The van der Waals surface area contributed by atoms with Crippen molar-refractivity contribution >= 4 is 17.2 Å². The Hall–Kier alpha value is -2.80. The Morgan fingerprint density at radius 3 is 2.85 bits per heavy atom. The minimum absolute atomic E-state index is 0.0448. The molecule has 0 aliphatic carbocycles. The van der Waals surface area contributed by atoms with E-state index in [0.29, 0.717) is 35.8 Å². The molecule has 1 amide bonds. The molecule has 7 heteroatoms. The molecule has 0 radical (unpaired) electrons. The maximum absolute atomic E-state index is 14.1.